The molecule has 6 nitrogen and oxygen atoms in total. The molecule has 0 saturated heterocycles. The molecule has 0 aliphatic carbocycles. The number of halogens is 1. The number of nitrogens with one attached hydrogen (secondary N) is 1. The second-order valence-electron chi connectivity index (χ2n) is 4.06. The van der Waals surface area contributed by atoms with E-state index in [1.54, 1.807) is 12.1 Å². The molecule has 0 amide bonds. The highest BCUT2D eigenvalue weighted by Gasteiger charge is 2.10. The fourth-order valence-corrected chi connectivity index (χ4v) is 2.07. The molecule has 0 fully saturated rings. The minimum absolute atomic E-state index is 0.159. The zero-order valence-electron chi connectivity index (χ0n) is 10.1. The second kappa shape index (κ2) is 4.93. The summed E-state index contributed by atoms with van der Waals surface area (Å²) in [6.45, 7) is 0. The lowest BCUT2D eigenvalue weighted by molar-refractivity contribution is 0.182. The summed E-state index contributed by atoms with van der Waals surface area (Å²) in [5.41, 5.74) is 0.156. The van der Waals surface area contributed by atoms with Crippen molar-refractivity contribution in [1.82, 2.24) is 14.7 Å². The molecule has 0 aliphatic rings. The topological polar surface area (TPSA) is 80.0 Å². The van der Waals surface area contributed by atoms with Gasteiger partial charge in [0.25, 0.3) is 0 Å². The molecule has 0 atom stereocenters. The van der Waals surface area contributed by atoms with Gasteiger partial charge in [0.05, 0.1) is 5.39 Å². The number of nitrogens with zero attached hydrogens (tertiary/aromatic N) is 3. The second-order valence-corrected chi connectivity index (χ2v) is 4.98. The summed E-state index contributed by atoms with van der Waals surface area (Å²) < 4.78 is 1.38. The van der Waals surface area contributed by atoms with Gasteiger partial charge in [0.15, 0.2) is 5.65 Å². The van der Waals surface area contributed by atoms with Crippen molar-refractivity contribution in [3.63, 3.8) is 0 Å². The first-order valence-electron chi connectivity index (χ1n) is 5.75. The van der Waals surface area contributed by atoms with Crippen LogP contribution in [0.3, 0.4) is 0 Å². The molecule has 0 spiro atoms. The summed E-state index contributed by atoms with van der Waals surface area (Å²) in [5, 5.41) is 13.2. The fraction of sp³-hybridized carbons (Fsp3) is 0. The van der Waals surface area contributed by atoms with E-state index in [1.807, 2.05) is 24.3 Å². The Labute approximate surface area is 121 Å². The van der Waals surface area contributed by atoms with Crippen molar-refractivity contribution in [2.45, 2.75) is 0 Å². The van der Waals surface area contributed by atoms with Gasteiger partial charge in [-0.15, -0.1) is 4.73 Å². The third-order valence-electron chi connectivity index (χ3n) is 2.74. The van der Waals surface area contributed by atoms with Crippen LogP contribution < -0.4 is 11.0 Å². The highest BCUT2D eigenvalue weighted by Crippen LogP contribution is 2.22. The molecular formula is C13H9BrN4O2. The third kappa shape index (κ3) is 2.23. The highest BCUT2D eigenvalue weighted by molar-refractivity contribution is 9.10. The molecule has 0 bridgehead atoms. The smallest absolute Gasteiger partial charge is 0.384 e. The fourth-order valence-electron chi connectivity index (χ4n) is 1.81. The highest BCUT2D eigenvalue weighted by atomic mass is 79.9. The maximum absolute atomic E-state index is 11.6. The number of hydrogen-bond acceptors (Lipinski definition) is 5. The Balaban J connectivity index is 2.14. The molecular weight excluding hydrogens is 324 g/mol. The van der Waals surface area contributed by atoms with Gasteiger partial charge < -0.3 is 10.5 Å². The summed E-state index contributed by atoms with van der Waals surface area (Å²) in [7, 11) is 0. The molecule has 2 heterocycles. The summed E-state index contributed by atoms with van der Waals surface area (Å²) in [6, 6.07) is 10.9. The van der Waals surface area contributed by atoms with Crippen molar-refractivity contribution < 1.29 is 5.21 Å². The summed E-state index contributed by atoms with van der Waals surface area (Å²) >= 11 is 3.35. The number of pyridine rings is 1. The molecule has 20 heavy (non-hydrogen) atoms. The zero-order valence-corrected chi connectivity index (χ0v) is 11.7. The van der Waals surface area contributed by atoms with Crippen LogP contribution >= 0.6 is 15.9 Å². The Morgan fingerprint density at radius 2 is 1.95 bits per heavy atom. The number of benzene rings is 1. The van der Waals surface area contributed by atoms with Crippen molar-refractivity contribution in [3.8, 4) is 0 Å². The van der Waals surface area contributed by atoms with E-state index in [0.29, 0.717) is 15.9 Å². The van der Waals surface area contributed by atoms with Crippen LogP contribution in [0.15, 0.2) is 51.9 Å². The Bertz CT molecular complexity index is 830. The van der Waals surface area contributed by atoms with E-state index in [-0.39, 0.29) is 5.65 Å². The van der Waals surface area contributed by atoms with Crippen molar-refractivity contribution >= 4 is 38.5 Å². The van der Waals surface area contributed by atoms with Gasteiger partial charge in [-0.1, -0.05) is 15.9 Å². The number of anilines is 2. The minimum atomic E-state index is -0.782. The van der Waals surface area contributed by atoms with Gasteiger partial charge in [0, 0.05) is 16.4 Å². The first-order chi connectivity index (χ1) is 9.65. The van der Waals surface area contributed by atoms with E-state index in [1.165, 1.54) is 6.20 Å². The molecule has 3 rings (SSSR count). The Morgan fingerprint density at radius 3 is 2.70 bits per heavy atom. The Kier molecular flexibility index (Phi) is 3.11. The van der Waals surface area contributed by atoms with Crippen LogP contribution in [0.4, 0.5) is 11.5 Å². The van der Waals surface area contributed by atoms with Crippen LogP contribution in [0.2, 0.25) is 0 Å². The predicted molar refractivity (Wildman–Crippen MR) is 78.4 cm³/mol. The SMILES string of the molecule is O=c1nc(Nc2ccc(Br)cc2)c2cccnc2n1O. The van der Waals surface area contributed by atoms with Gasteiger partial charge in [-0.25, -0.2) is 9.78 Å². The van der Waals surface area contributed by atoms with E-state index >= 15 is 0 Å². The van der Waals surface area contributed by atoms with Gasteiger partial charge >= 0.3 is 5.69 Å². The average molecular weight is 333 g/mol. The number of hydrogen-bond donors (Lipinski definition) is 2. The van der Waals surface area contributed by atoms with Crippen LogP contribution in [0, 0.1) is 0 Å². The molecule has 1 aromatic carbocycles. The molecule has 2 N–H and O–H groups in total. The van der Waals surface area contributed by atoms with Crippen LogP contribution in [0.5, 0.6) is 0 Å². The molecule has 100 valence electrons. The van der Waals surface area contributed by atoms with E-state index in [2.05, 4.69) is 31.2 Å². The van der Waals surface area contributed by atoms with E-state index in [0.717, 1.165) is 10.2 Å². The van der Waals surface area contributed by atoms with Crippen molar-refractivity contribution in [2.24, 2.45) is 0 Å². The van der Waals surface area contributed by atoms with Crippen molar-refractivity contribution in [2.75, 3.05) is 5.32 Å². The van der Waals surface area contributed by atoms with Crippen LogP contribution in [0.1, 0.15) is 0 Å². The quantitative estimate of drug-likeness (QED) is 0.705. The predicted octanol–water partition coefficient (Wildman–Crippen LogP) is 2.53. The lowest BCUT2D eigenvalue weighted by Crippen LogP contribution is -2.23. The number of aromatic nitrogens is 3. The normalized spacial score (nSPS) is 10.7. The number of rotatable bonds is 2. The maximum Gasteiger partial charge on any atom is 0.384 e. The first-order valence-corrected chi connectivity index (χ1v) is 6.54. The lowest BCUT2D eigenvalue weighted by Gasteiger charge is -2.09. The van der Waals surface area contributed by atoms with Gasteiger partial charge in [-0.05, 0) is 36.4 Å². The summed E-state index contributed by atoms with van der Waals surface area (Å²) in [4.78, 5) is 19.4. The minimum Gasteiger partial charge on any atom is -0.422 e. The summed E-state index contributed by atoms with van der Waals surface area (Å²) in [6.07, 6.45) is 1.50. The van der Waals surface area contributed by atoms with Gasteiger partial charge in [0.2, 0.25) is 0 Å². The van der Waals surface area contributed by atoms with Crippen molar-refractivity contribution in [3.05, 3.63) is 57.6 Å². The molecule has 0 aliphatic heterocycles. The first kappa shape index (κ1) is 12.6. The van der Waals surface area contributed by atoms with E-state index < -0.39 is 5.69 Å². The van der Waals surface area contributed by atoms with E-state index in [4.69, 9.17) is 0 Å². The maximum atomic E-state index is 11.6. The molecule has 0 unspecified atom stereocenters. The monoisotopic (exact) mass is 332 g/mol. The standard InChI is InChI=1S/C13H9BrN4O2/c14-8-3-5-9(6-4-8)16-11-10-2-1-7-15-12(10)18(20)13(19)17-11/h1-7,20H,(H,16,17,19). The van der Waals surface area contributed by atoms with Gasteiger partial charge in [-0.3, -0.25) is 0 Å². The molecule has 0 radical (unpaired) electrons. The van der Waals surface area contributed by atoms with Crippen LogP contribution in [-0.4, -0.2) is 19.9 Å². The van der Waals surface area contributed by atoms with Gasteiger partial charge in [0.1, 0.15) is 5.82 Å². The average Bonchev–Trinajstić information content (AvgIpc) is 2.47. The third-order valence-corrected chi connectivity index (χ3v) is 3.27. The van der Waals surface area contributed by atoms with Crippen LogP contribution in [-0.2, 0) is 0 Å². The van der Waals surface area contributed by atoms with Crippen molar-refractivity contribution in [1.29, 1.82) is 0 Å². The van der Waals surface area contributed by atoms with Crippen LogP contribution in [0.25, 0.3) is 11.0 Å². The molecule has 2 aromatic heterocycles. The van der Waals surface area contributed by atoms with E-state index in [9.17, 15) is 10.0 Å². The Hall–Kier alpha value is -2.41. The lowest BCUT2D eigenvalue weighted by atomic mass is 10.3. The molecule has 0 saturated carbocycles. The number of fused-ring (bicyclic) bond motifs is 1. The summed E-state index contributed by atoms with van der Waals surface area (Å²) in [5.74, 6) is 0.353. The van der Waals surface area contributed by atoms with Gasteiger partial charge in [-0.2, -0.15) is 4.98 Å². The molecule has 3 aromatic rings. The molecule has 7 heteroatoms. The zero-order chi connectivity index (χ0) is 14.1. The largest absolute Gasteiger partial charge is 0.422 e. The Morgan fingerprint density at radius 1 is 1.20 bits per heavy atom.